The Kier molecular flexibility index (Phi) is 4.46. The van der Waals surface area contributed by atoms with E-state index in [-0.39, 0.29) is 12.1 Å². The van der Waals surface area contributed by atoms with Gasteiger partial charge in [0.1, 0.15) is 0 Å². The number of benzene rings is 1. The molecule has 5 nitrogen and oxygen atoms in total. The fourth-order valence-electron chi connectivity index (χ4n) is 2.32. The Morgan fingerprint density at radius 3 is 2.43 bits per heavy atom. The second-order valence-electron chi connectivity index (χ2n) is 6.05. The molecule has 1 aromatic heterocycles. The Morgan fingerprint density at radius 1 is 1.13 bits per heavy atom. The number of rotatable bonds is 5. The highest BCUT2D eigenvalue weighted by molar-refractivity contribution is 5.89. The number of amides is 2. The first kappa shape index (κ1) is 15.3. The van der Waals surface area contributed by atoms with E-state index >= 15 is 0 Å². The number of urea groups is 1. The van der Waals surface area contributed by atoms with E-state index in [1.54, 1.807) is 0 Å². The maximum absolute atomic E-state index is 11.7. The van der Waals surface area contributed by atoms with Crippen LogP contribution in [0, 0.1) is 6.92 Å². The summed E-state index contributed by atoms with van der Waals surface area (Å²) in [4.78, 5) is 16.0. The van der Waals surface area contributed by atoms with Gasteiger partial charge >= 0.3 is 6.03 Å². The lowest BCUT2D eigenvalue weighted by molar-refractivity contribution is 0.251. The number of hydrogen-bond donors (Lipinski definition) is 3. The zero-order valence-electron chi connectivity index (χ0n) is 13.5. The van der Waals surface area contributed by atoms with Crippen LogP contribution in [0.15, 0.2) is 42.6 Å². The third-order valence-electron chi connectivity index (χ3n) is 3.88. The number of carbonyl (C=O) groups excluding carboxylic acids is 1. The van der Waals surface area contributed by atoms with Crippen LogP contribution in [0.3, 0.4) is 0 Å². The summed E-state index contributed by atoms with van der Waals surface area (Å²) in [5.41, 5.74) is 3.95. The summed E-state index contributed by atoms with van der Waals surface area (Å²) in [6.07, 6.45) is 4.01. The van der Waals surface area contributed by atoms with Gasteiger partial charge < -0.3 is 16.0 Å². The molecule has 1 fully saturated rings. The summed E-state index contributed by atoms with van der Waals surface area (Å²) >= 11 is 0. The number of carbonyl (C=O) groups is 1. The fourth-order valence-corrected chi connectivity index (χ4v) is 2.32. The summed E-state index contributed by atoms with van der Waals surface area (Å²) in [6.45, 7) is 4.07. The number of anilines is 2. The van der Waals surface area contributed by atoms with E-state index in [1.807, 2.05) is 49.5 Å². The van der Waals surface area contributed by atoms with E-state index in [0.29, 0.717) is 6.04 Å². The summed E-state index contributed by atoms with van der Waals surface area (Å²) in [5.74, 6) is 0. The van der Waals surface area contributed by atoms with Gasteiger partial charge in [-0.05, 0) is 56.5 Å². The number of pyridine rings is 1. The zero-order valence-corrected chi connectivity index (χ0v) is 13.5. The van der Waals surface area contributed by atoms with Crippen LogP contribution >= 0.6 is 0 Å². The van der Waals surface area contributed by atoms with E-state index in [0.717, 1.165) is 35.5 Å². The topological polar surface area (TPSA) is 66.0 Å². The molecule has 23 heavy (non-hydrogen) atoms. The maximum atomic E-state index is 11.7. The van der Waals surface area contributed by atoms with Gasteiger partial charge in [-0.25, -0.2) is 4.79 Å². The van der Waals surface area contributed by atoms with Gasteiger partial charge in [0.2, 0.25) is 0 Å². The summed E-state index contributed by atoms with van der Waals surface area (Å²) in [6, 6.07) is 12.3. The van der Waals surface area contributed by atoms with Crippen LogP contribution < -0.4 is 16.0 Å². The molecule has 1 saturated carbocycles. The van der Waals surface area contributed by atoms with Gasteiger partial charge in [0, 0.05) is 23.5 Å². The highest BCUT2D eigenvalue weighted by Gasteiger charge is 2.23. The van der Waals surface area contributed by atoms with Crippen molar-refractivity contribution in [3.63, 3.8) is 0 Å². The third-order valence-corrected chi connectivity index (χ3v) is 3.88. The van der Waals surface area contributed by atoms with Gasteiger partial charge in [-0.15, -0.1) is 0 Å². The molecule has 1 heterocycles. The van der Waals surface area contributed by atoms with Gasteiger partial charge in [0.05, 0.1) is 11.9 Å². The molecule has 0 bridgehead atoms. The molecule has 120 valence electrons. The zero-order chi connectivity index (χ0) is 16.2. The minimum absolute atomic E-state index is 0.128. The molecule has 1 aliphatic carbocycles. The van der Waals surface area contributed by atoms with Crippen molar-refractivity contribution < 1.29 is 4.79 Å². The molecule has 1 atom stereocenters. The van der Waals surface area contributed by atoms with Gasteiger partial charge in [0.15, 0.2) is 0 Å². The highest BCUT2D eigenvalue weighted by atomic mass is 16.2. The number of aromatic nitrogens is 1. The minimum Gasteiger partial charge on any atom is -0.377 e. The van der Waals surface area contributed by atoms with Crippen LogP contribution in [0.2, 0.25) is 0 Å². The van der Waals surface area contributed by atoms with Crippen molar-refractivity contribution in [2.24, 2.45) is 0 Å². The van der Waals surface area contributed by atoms with Crippen molar-refractivity contribution in [3.05, 3.63) is 53.9 Å². The first-order valence-electron chi connectivity index (χ1n) is 7.97. The normalized spacial score (nSPS) is 14.9. The van der Waals surface area contributed by atoms with Gasteiger partial charge in [-0.2, -0.15) is 0 Å². The molecule has 5 heteroatoms. The number of aryl methyl sites for hydroxylation is 1. The van der Waals surface area contributed by atoms with E-state index in [4.69, 9.17) is 0 Å². The first-order valence-corrected chi connectivity index (χ1v) is 7.97. The molecule has 0 aliphatic heterocycles. The second kappa shape index (κ2) is 6.69. The lowest BCUT2D eigenvalue weighted by Gasteiger charge is -2.16. The van der Waals surface area contributed by atoms with Crippen molar-refractivity contribution in [3.8, 4) is 0 Å². The van der Waals surface area contributed by atoms with E-state index in [9.17, 15) is 4.79 Å². The maximum Gasteiger partial charge on any atom is 0.319 e. The molecule has 0 spiro atoms. The van der Waals surface area contributed by atoms with Gasteiger partial charge in [-0.3, -0.25) is 4.98 Å². The molecular weight excluding hydrogens is 288 g/mol. The van der Waals surface area contributed by atoms with Crippen molar-refractivity contribution in [1.82, 2.24) is 10.3 Å². The molecule has 0 radical (unpaired) electrons. The quantitative estimate of drug-likeness (QED) is 0.786. The van der Waals surface area contributed by atoms with Crippen LogP contribution in [-0.2, 0) is 0 Å². The third kappa shape index (κ3) is 4.45. The summed E-state index contributed by atoms with van der Waals surface area (Å²) in [5, 5.41) is 9.18. The second-order valence-corrected chi connectivity index (χ2v) is 6.05. The number of nitrogens with one attached hydrogen (secondary N) is 3. The molecule has 1 aromatic carbocycles. The molecule has 3 N–H and O–H groups in total. The Balaban J connectivity index is 1.57. The average Bonchev–Trinajstić information content (AvgIpc) is 3.34. The van der Waals surface area contributed by atoms with Crippen LogP contribution in [0.1, 0.15) is 37.1 Å². The standard InChI is InChI=1S/C18H22N4O/c1-12-3-6-17(11-19-12)20-13(2)14-4-7-15(8-5-14)21-18(23)22-16-9-10-16/h3-8,11,13,16,20H,9-10H2,1-2H3,(H2,21,22,23)/t13-/m1/s1. The predicted octanol–water partition coefficient (Wildman–Crippen LogP) is 3.85. The van der Waals surface area contributed by atoms with Gasteiger partial charge in [-0.1, -0.05) is 12.1 Å². The Labute approximate surface area is 136 Å². The van der Waals surface area contributed by atoms with Crippen molar-refractivity contribution in [2.75, 3.05) is 10.6 Å². The molecule has 1 aliphatic rings. The Bertz CT molecular complexity index is 662. The van der Waals surface area contributed by atoms with Gasteiger partial charge in [0.25, 0.3) is 0 Å². The van der Waals surface area contributed by atoms with Crippen molar-refractivity contribution in [1.29, 1.82) is 0 Å². The first-order chi connectivity index (χ1) is 11.1. The number of hydrogen-bond acceptors (Lipinski definition) is 3. The van der Waals surface area contributed by atoms with Crippen LogP contribution in [0.25, 0.3) is 0 Å². The molecule has 3 rings (SSSR count). The van der Waals surface area contributed by atoms with E-state index in [1.165, 1.54) is 0 Å². The smallest absolute Gasteiger partial charge is 0.319 e. The minimum atomic E-state index is -0.128. The van der Waals surface area contributed by atoms with Crippen molar-refractivity contribution in [2.45, 2.75) is 38.8 Å². The van der Waals surface area contributed by atoms with Crippen LogP contribution in [0.5, 0.6) is 0 Å². The molecule has 0 saturated heterocycles. The van der Waals surface area contributed by atoms with E-state index < -0.39 is 0 Å². The lowest BCUT2D eigenvalue weighted by atomic mass is 10.1. The predicted molar refractivity (Wildman–Crippen MR) is 92.6 cm³/mol. The SMILES string of the molecule is Cc1ccc(N[C@H](C)c2ccc(NC(=O)NC3CC3)cc2)cn1. The summed E-state index contributed by atoms with van der Waals surface area (Å²) in [7, 11) is 0. The van der Waals surface area contributed by atoms with E-state index in [2.05, 4.69) is 27.9 Å². The van der Waals surface area contributed by atoms with Crippen molar-refractivity contribution >= 4 is 17.4 Å². The average molecular weight is 310 g/mol. The highest BCUT2D eigenvalue weighted by Crippen LogP contribution is 2.21. The van der Waals surface area contributed by atoms with Crippen LogP contribution in [-0.4, -0.2) is 17.1 Å². The molecule has 0 unspecified atom stereocenters. The Hall–Kier alpha value is -2.56. The fraction of sp³-hybridized carbons (Fsp3) is 0.333. The van der Waals surface area contributed by atoms with Crippen LogP contribution in [0.4, 0.5) is 16.2 Å². The largest absolute Gasteiger partial charge is 0.377 e. The molecule has 2 aromatic rings. The Morgan fingerprint density at radius 2 is 1.83 bits per heavy atom. The summed E-state index contributed by atoms with van der Waals surface area (Å²) < 4.78 is 0. The monoisotopic (exact) mass is 310 g/mol. The lowest BCUT2D eigenvalue weighted by Crippen LogP contribution is -2.30. The molecular formula is C18H22N4O. The molecule has 2 amide bonds. The number of nitrogens with zero attached hydrogens (tertiary/aromatic N) is 1.